The molecule has 68 valence electrons. The van der Waals surface area contributed by atoms with Crippen LogP contribution in [0, 0.1) is 3.57 Å². The number of halogens is 1. The van der Waals surface area contributed by atoms with E-state index in [-0.39, 0.29) is 6.10 Å². The average Bonchev–Trinajstić information content (AvgIpc) is 2.28. The van der Waals surface area contributed by atoms with Gasteiger partial charge in [0.1, 0.15) is 0 Å². The van der Waals surface area contributed by atoms with Crippen LogP contribution in [0.3, 0.4) is 0 Å². The molecule has 0 saturated heterocycles. The Hall–Kier alpha value is -0.100. The van der Waals surface area contributed by atoms with Gasteiger partial charge in [-0.1, -0.05) is 0 Å². The zero-order valence-electron chi connectivity index (χ0n) is 7.54. The summed E-state index contributed by atoms with van der Waals surface area (Å²) in [5, 5.41) is 4.12. The van der Waals surface area contributed by atoms with Crippen molar-refractivity contribution in [3.8, 4) is 0 Å². The monoisotopic (exact) mass is 280 g/mol. The van der Waals surface area contributed by atoms with Gasteiger partial charge in [-0.05, 0) is 36.4 Å². The number of hydrogen-bond donors (Lipinski definition) is 0. The van der Waals surface area contributed by atoms with E-state index < -0.39 is 0 Å². The molecule has 1 rings (SSSR count). The molecule has 1 heterocycles. The Kier molecular flexibility index (Phi) is 3.52. The number of nitrogens with zero attached hydrogens (tertiary/aromatic N) is 2. The zero-order valence-corrected chi connectivity index (χ0v) is 9.70. The Balaban J connectivity index is 2.62. The second kappa shape index (κ2) is 4.23. The molecular weight excluding hydrogens is 267 g/mol. The number of aromatic nitrogens is 2. The molecule has 3 nitrogen and oxygen atoms in total. The van der Waals surface area contributed by atoms with Crippen LogP contribution >= 0.6 is 22.6 Å². The molecule has 0 radical (unpaired) electrons. The zero-order chi connectivity index (χ0) is 9.14. The number of rotatable bonds is 3. The van der Waals surface area contributed by atoms with Crippen molar-refractivity contribution >= 4 is 22.6 Å². The van der Waals surface area contributed by atoms with Crippen LogP contribution in [0.25, 0.3) is 0 Å². The fraction of sp³-hybridized carbons (Fsp3) is 0.625. The topological polar surface area (TPSA) is 27.1 Å². The maximum atomic E-state index is 5.48. The third-order valence-electron chi connectivity index (χ3n) is 1.56. The van der Waals surface area contributed by atoms with E-state index in [4.69, 9.17) is 4.74 Å². The molecule has 0 fully saturated rings. The molecule has 0 aliphatic heterocycles. The maximum Gasteiger partial charge on any atom is 0.0898 e. The van der Waals surface area contributed by atoms with Crippen molar-refractivity contribution in [2.45, 2.75) is 26.6 Å². The largest absolute Gasteiger partial charge is 0.372 e. The summed E-state index contributed by atoms with van der Waals surface area (Å²) in [5.41, 5.74) is 1.14. The molecule has 0 saturated carbocycles. The molecule has 0 aromatic carbocycles. The van der Waals surface area contributed by atoms with Crippen molar-refractivity contribution in [1.82, 2.24) is 9.78 Å². The Morgan fingerprint density at radius 2 is 2.33 bits per heavy atom. The van der Waals surface area contributed by atoms with Gasteiger partial charge >= 0.3 is 0 Å². The Labute approximate surface area is 86.2 Å². The molecule has 0 atom stereocenters. The highest BCUT2D eigenvalue weighted by Crippen LogP contribution is 2.11. The first-order chi connectivity index (χ1) is 5.61. The van der Waals surface area contributed by atoms with Gasteiger partial charge in [0, 0.05) is 7.05 Å². The summed E-state index contributed by atoms with van der Waals surface area (Å²) in [5.74, 6) is 0. The third kappa shape index (κ3) is 2.45. The summed E-state index contributed by atoms with van der Waals surface area (Å²) < 4.78 is 8.50. The van der Waals surface area contributed by atoms with Gasteiger partial charge in [0.2, 0.25) is 0 Å². The predicted molar refractivity (Wildman–Crippen MR) is 55.9 cm³/mol. The van der Waals surface area contributed by atoms with Crippen molar-refractivity contribution in [2.75, 3.05) is 0 Å². The van der Waals surface area contributed by atoms with Gasteiger partial charge in [-0.2, -0.15) is 5.10 Å². The predicted octanol–water partition coefficient (Wildman–Crippen LogP) is 1.95. The molecule has 0 N–H and O–H groups in total. The smallest absolute Gasteiger partial charge is 0.0898 e. The summed E-state index contributed by atoms with van der Waals surface area (Å²) in [6.45, 7) is 4.71. The van der Waals surface area contributed by atoms with Gasteiger partial charge in [0.05, 0.1) is 28.2 Å². The van der Waals surface area contributed by atoms with Crippen molar-refractivity contribution in [1.29, 1.82) is 0 Å². The van der Waals surface area contributed by atoms with Crippen molar-refractivity contribution in [3.63, 3.8) is 0 Å². The van der Waals surface area contributed by atoms with Crippen LogP contribution in [0.15, 0.2) is 6.20 Å². The summed E-state index contributed by atoms with van der Waals surface area (Å²) in [4.78, 5) is 0. The molecular formula is C8H13IN2O. The summed E-state index contributed by atoms with van der Waals surface area (Å²) in [6, 6.07) is 0. The third-order valence-corrected chi connectivity index (χ3v) is 2.47. The Bertz CT molecular complexity index is 238. The quantitative estimate of drug-likeness (QED) is 0.791. The van der Waals surface area contributed by atoms with E-state index in [0.29, 0.717) is 6.61 Å². The van der Waals surface area contributed by atoms with Gasteiger partial charge in [-0.15, -0.1) is 0 Å². The minimum atomic E-state index is 0.274. The van der Waals surface area contributed by atoms with E-state index in [2.05, 4.69) is 27.7 Å². The maximum absolute atomic E-state index is 5.48. The SMILES string of the molecule is CC(C)OCc1c(I)cnn1C. The van der Waals surface area contributed by atoms with Gasteiger partial charge < -0.3 is 4.74 Å². The summed E-state index contributed by atoms with van der Waals surface area (Å²) in [7, 11) is 1.93. The highest BCUT2D eigenvalue weighted by Gasteiger charge is 2.05. The van der Waals surface area contributed by atoms with E-state index in [9.17, 15) is 0 Å². The summed E-state index contributed by atoms with van der Waals surface area (Å²) >= 11 is 2.26. The van der Waals surface area contributed by atoms with E-state index in [1.54, 1.807) is 0 Å². The van der Waals surface area contributed by atoms with Crippen LogP contribution in [-0.2, 0) is 18.4 Å². The highest BCUT2D eigenvalue weighted by molar-refractivity contribution is 14.1. The fourth-order valence-electron chi connectivity index (χ4n) is 0.844. The highest BCUT2D eigenvalue weighted by atomic mass is 127. The second-order valence-corrected chi connectivity index (χ2v) is 4.08. The first kappa shape index (κ1) is 9.98. The van der Waals surface area contributed by atoms with Gasteiger partial charge in [0.15, 0.2) is 0 Å². The molecule has 0 unspecified atom stereocenters. The molecule has 4 heteroatoms. The first-order valence-corrected chi connectivity index (χ1v) is 4.97. The van der Waals surface area contributed by atoms with E-state index in [1.165, 1.54) is 0 Å². The van der Waals surface area contributed by atoms with Crippen LogP contribution in [-0.4, -0.2) is 15.9 Å². The molecule has 0 spiro atoms. The molecule has 0 bridgehead atoms. The normalized spacial score (nSPS) is 11.1. The van der Waals surface area contributed by atoms with Crippen LogP contribution in [0.4, 0.5) is 0 Å². The lowest BCUT2D eigenvalue weighted by Crippen LogP contribution is -2.07. The van der Waals surface area contributed by atoms with Crippen LogP contribution in [0.2, 0.25) is 0 Å². The van der Waals surface area contributed by atoms with Crippen molar-refractivity contribution in [2.24, 2.45) is 7.05 Å². The Morgan fingerprint density at radius 1 is 1.67 bits per heavy atom. The number of ether oxygens (including phenoxy) is 1. The van der Waals surface area contributed by atoms with Crippen LogP contribution in [0.1, 0.15) is 19.5 Å². The molecule has 0 aliphatic carbocycles. The lowest BCUT2D eigenvalue weighted by molar-refractivity contribution is 0.0613. The molecule has 12 heavy (non-hydrogen) atoms. The Morgan fingerprint density at radius 3 is 2.75 bits per heavy atom. The van der Waals surface area contributed by atoms with E-state index in [0.717, 1.165) is 9.26 Å². The minimum Gasteiger partial charge on any atom is -0.372 e. The van der Waals surface area contributed by atoms with Crippen LogP contribution in [0.5, 0.6) is 0 Å². The van der Waals surface area contributed by atoms with Gasteiger partial charge in [-0.3, -0.25) is 4.68 Å². The van der Waals surface area contributed by atoms with E-state index in [1.807, 2.05) is 31.8 Å². The number of aryl methyl sites for hydroxylation is 1. The standard InChI is InChI=1S/C8H13IN2O/c1-6(2)12-5-8-7(9)4-10-11(8)3/h4,6H,5H2,1-3H3. The average molecular weight is 280 g/mol. The number of hydrogen-bond acceptors (Lipinski definition) is 2. The molecule has 1 aromatic heterocycles. The lowest BCUT2D eigenvalue weighted by Gasteiger charge is -2.07. The molecule has 0 amide bonds. The van der Waals surface area contributed by atoms with Gasteiger partial charge in [0.25, 0.3) is 0 Å². The molecule has 0 aliphatic rings. The van der Waals surface area contributed by atoms with Gasteiger partial charge in [-0.25, -0.2) is 0 Å². The molecule has 1 aromatic rings. The minimum absolute atomic E-state index is 0.274. The van der Waals surface area contributed by atoms with Crippen LogP contribution < -0.4 is 0 Å². The second-order valence-electron chi connectivity index (χ2n) is 2.92. The lowest BCUT2D eigenvalue weighted by atomic mass is 10.4. The summed E-state index contributed by atoms with van der Waals surface area (Å²) in [6.07, 6.45) is 2.12. The van der Waals surface area contributed by atoms with Crippen molar-refractivity contribution < 1.29 is 4.74 Å². The first-order valence-electron chi connectivity index (χ1n) is 3.89. The van der Waals surface area contributed by atoms with E-state index >= 15 is 0 Å². The van der Waals surface area contributed by atoms with Crippen molar-refractivity contribution in [3.05, 3.63) is 15.5 Å². The fourth-order valence-corrected chi connectivity index (χ4v) is 1.47.